The molecule has 0 spiro atoms. The maximum Gasteiger partial charge on any atom is 0.303 e. The molecule has 0 saturated heterocycles. The number of benzene rings is 4. The Balaban J connectivity index is 0.000000173. The van der Waals surface area contributed by atoms with E-state index >= 15 is 0 Å². The summed E-state index contributed by atoms with van der Waals surface area (Å²) in [5, 5.41) is 8.60. The van der Waals surface area contributed by atoms with Crippen LogP contribution in [0.15, 0.2) is 123 Å². The lowest BCUT2D eigenvalue weighted by Gasteiger charge is -2.15. The molecule has 0 saturated carbocycles. The van der Waals surface area contributed by atoms with Crippen LogP contribution >= 0.6 is 23.5 Å². The van der Waals surface area contributed by atoms with Gasteiger partial charge in [0.25, 0.3) is 0 Å². The highest BCUT2D eigenvalue weighted by Gasteiger charge is 2.17. The number of rotatable bonds is 8. The first kappa shape index (κ1) is 26.8. The highest BCUT2D eigenvalue weighted by molar-refractivity contribution is 7.99. The Morgan fingerprint density at radius 2 is 1.27 bits per heavy atom. The zero-order chi connectivity index (χ0) is 25.9. The molecule has 37 heavy (non-hydrogen) atoms. The fourth-order valence-electron chi connectivity index (χ4n) is 4.09. The highest BCUT2D eigenvalue weighted by atomic mass is 32.2. The lowest BCUT2D eigenvalue weighted by molar-refractivity contribution is -0.137. The standard InChI is InChI=1S/C16H16O2S.C16H14OS/c17-16(18)8-4-5-13-9-11-15(12-10-13)19-14-6-2-1-3-7-14;17-16-8-4-5-12-9-10-14(11-15(12)16)18-13-6-2-1-3-7-13/h1-3,6-7,9-12H,4-5,8H2,(H,17,18);1-3,6-7,9-11H,4-5,8H2. The smallest absolute Gasteiger partial charge is 0.303 e. The molecule has 0 bridgehead atoms. The first-order valence-corrected chi connectivity index (χ1v) is 14.1. The van der Waals surface area contributed by atoms with Crippen LogP contribution in [0.3, 0.4) is 0 Å². The van der Waals surface area contributed by atoms with Gasteiger partial charge < -0.3 is 5.11 Å². The van der Waals surface area contributed by atoms with Crippen molar-refractivity contribution in [3.05, 3.63) is 120 Å². The van der Waals surface area contributed by atoms with Crippen molar-refractivity contribution in [2.45, 2.75) is 58.1 Å². The van der Waals surface area contributed by atoms with E-state index in [-0.39, 0.29) is 6.42 Å². The summed E-state index contributed by atoms with van der Waals surface area (Å²) in [6.07, 6.45) is 4.49. The predicted molar refractivity (Wildman–Crippen MR) is 152 cm³/mol. The molecule has 0 fully saturated rings. The molecule has 4 aromatic rings. The first-order chi connectivity index (χ1) is 18.1. The molecular formula is C32H30O3S2. The third-order valence-electron chi connectivity index (χ3n) is 5.97. The Morgan fingerprint density at radius 1 is 0.703 bits per heavy atom. The maximum absolute atomic E-state index is 11.9. The van der Waals surface area contributed by atoms with Crippen LogP contribution in [0, 0.1) is 0 Å². The van der Waals surface area contributed by atoms with Crippen molar-refractivity contribution in [2.24, 2.45) is 0 Å². The molecule has 1 aliphatic carbocycles. The van der Waals surface area contributed by atoms with Crippen molar-refractivity contribution < 1.29 is 14.7 Å². The van der Waals surface area contributed by atoms with Crippen molar-refractivity contribution in [1.29, 1.82) is 0 Å². The summed E-state index contributed by atoms with van der Waals surface area (Å²) in [5.74, 6) is -0.428. The molecule has 0 amide bonds. The van der Waals surface area contributed by atoms with Gasteiger partial charge in [0.2, 0.25) is 0 Å². The largest absolute Gasteiger partial charge is 0.481 e. The molecule has 188 valence electrons. The Labute approximate surface area is 227 Å². The summed E-state index contributed by atoms with van der Waals surface area (Å²) in [4.78, 5) is 27.1. The average molecular weight is 527 g/mol. The van der Waals surface area contributed by atoms with Gasteiger partial charge in [-0.05, 0) is 85.3 Å². The number of hydrogen-bond acceptors (Lipinski definition) is 4. The summed E-state index contributed by atoms with van der Waals surface area (Å²) in [6, 6.07) is 35.1. The molecule has 0 aromatic heterocycles. The van der Waals surface area contributed by atoms with E-state index in [0.29, 0.717) is 18.6 Å². The zero-order valence-corrected chi connectivity index (χ0v) is 22.3. The minimum Gasteiger partial charge on any atom is -0.481 e. The van der Waals surface area contributed by atoms with Gasteiger partial charge in [0, 0.05) is 38.0 Å². The quantitative estimate of drug-likeness (QED) is 0.249. The second-order valence-electron chi connectivity index (χ2n) is 8.82. The van der Waals surface area contributed by atoms with Crippen LogP contribution in [0.25, 0.3) is 0 Å². The van der Waals surface area contributed by atoms with Crippen LogP contribution in [0.5, 0.6) is 0 Å². The Bertz CT molecular complexity index is 1300. The molecule has 4 aromatic carbocycles. The van der Waals surface area contributed by atoms with Gasteiger partial charge in [-0.1, -0.05) is 78.1 Å². The number of fused-ring (bicyclic) bond motifs is 1. The van der Waals surface area contributed by atoms with E-state index in [0.717, 1.165) is 29.7 Å². The van der Waals surface area contributed by atoms with Gasteiger partial charge in [0.05, 0.1) is 0 Å². The van der Waals surface area contributed by atoms with E-state index < -0.39 is 5.97 Å². The molecule has 5 rings (SSSR count). The number of carbonyl (C=O) groups excluding carboxylic acids is 1. The number of ketones is 1. The summed E-state index contributed by atoms with van der Waals surface area (Å²) >= 11 is 3.44. The SMILES string of the molecule is O=C(O)CCCc1ccc(Sc2ccccc2)cc1.O=C1CCCc2ccc(Sc3ccccc3)cc21. The van der Waals surface area contributed by atoms with Crippen LogP contribution in [-0.2, 0) is 17.6 Å². The minimum absolute atomic E-state index is 0.237. The number of aryl methyl sites for hydroxylation is 2. The fraction of sp³-hybridized carbons (Fsp3) is 0.188. The molecule has 0 radical (unpaired) electrons. The van der Waals surface area contributed by atoms with Gasteiger partial charge in [-0.3, -0.25) is 9.59 Å². The second-order valence-corrected chi connectivity index (χ2v) is 11.1. The summed E-state index contributed by atoms with van der Waals surface area (Å²) < 4.78 is 0. The average Bonchev–Trinajstić information content (AvgIpc) is 2.92. The normalized spacial score (nSPS) is 12.3. The number of hydrogen-bond donors (Lipinski definition) is 1. The summed E-state index contributed by atoms with van der Waals surface area (Å²) in [6.45, 7) is 0. The molecule has 5 heteroatoms. The molecule has 0 heterocycles. The number of carboxylic acid groups (broad SMARTS) is 1. The van der Waals surface area contributed by atoms with E-state index in [9.17, 15) is 9.59 Å². The van der Waals surface area contributed by atoms with Crippen molar-refractivity contribution in [3.8, 4) is 0 Å². The zero-order valence-electron chi connectivity index (χ0n) is 20.6. The summed E-state index contributed by atoms with van der Waals surface area (Å²) in [5.41, 5.74) is 3.34. The molecule has 3 nitrogen and oxygen atoms in total. The number of carbonyl (C=O) groups is 2. The minimum atomic E-state index is -0.726. The number of Topliss-reactive ketones (excluding diaryl/α,β-unsaturated/α-hetero) is 1. The van der Waals surface area contributed by atoms with E-state index in [1.165, 1.54) is 25.8 Å². The van der Waals surface area contributed by atoms with Gasteiger partial charge in [-0.25, -0.2) is 0 Å². The van der Waals surface area contributed by atoms with Crippen molar-refractivity contribution in [1.82, 2.24) is 0 Å². The van der Waals surface area contributed by atoms with Crippen LogP contribution in [0.2, 0.25) is 0 Å². The van der Waals surface area contributed by atoms with Crippen LogP contribution in [0.1, 0.15) is 47.2 Å². The third kappa shape index (κ3) is 8.66. The highest BCUT2D eigenvalue weighted by Crippen LogP contribution is 2.31. The van der Waals surface area contributed by atoms with Gasteiger partial charge in [-0.15, -0.1) is 0 Å². The Kier molecular flexibility index (Phi) is 10.0. The van der Waals surface area contributed by atoms with E-state index in [1.807, 2.05) is 36.4 Å². The molecule has 0 unspecified atom stereocenters. The lowest BCUT2D eigenvalue weighted by Crippen LogP contribution is -2.10. The van der Waals surface area contributed by atoms with Crippen molar-refractivity contribution in [3.63, 3.8) is 0 Å². The van der Waals surface area contributed by atoms with Gasteiger partial charge in [-0.2, -0.15) is 0 Å². The fourth-order valence-corrected chi connectivity index (χ4v) is 5.80. The van der Waals surface area contributed by atoms with Crippen molar-refractivity contribution >= 4 is 35.3 Å². The second kappa shape index (κ2) is 13.9. The van der Waals surface area contributed by atoms with E-state index in [4.69, 9.17) is 5.11 Å². The van der Waals surface area contributed by atoms with Gasteiger partial charge in [0.15, 0.2) is 5.78 Å². The predicted octanol–water partition coefficient (Wildman–Crippen LogP) is 8.60. The molecule has 1 aliphatic rings. The van der Waals surface area contributed by atoms with Crippen LogP contribution < -0.4 is 0 Å². The van der Waals surface area contributed by atoms with Crippen LogP contribution in [-0.4, -0.2) is 16.9 Å². The lowest BCUT2D eigenvalue weighted by atomic mass is 9.91. The topological polar surface area (TPSA) is 54.4 Å². The Morgan fingerprint density at radius 3 is 1.89 bits per heavy atom. The molecule has 0 aliphatic heterocycles. The monoisotopic (exact) mass is 526 g/mol. The van der Waals surface area contributed by atoms with Crippen LogP contribution in [0.4, 0.5) is 0 Å². The molecule has 0 atom stereocenters. The van der Waals surface area contributed by atoms with E-state index in [1.54, 1.807) is 23.5 Å². The number of carboxylic acids is 1. The first-order valence-electron chi connectivity index (χ1n) is 12.5. The molecule has 1 N–H and O–H groups in total. The number of aliphatic carboxylic acids is 1. The van der Waals surface area contributed by atoms with E-state index in [2.05, 4.69) is 66.7 Å². The third-order valence-corrected chi connectivity index (χ3v) is 7.98. The van der Waals surface area contributed by atoms with Gasteiger partial charge >= 0.3 is 5.97 Å². The van der Waals surface area contributed by atoms with Gasteiger partial charge in [0.1, 0.15) is 0 Å². The maximum atomic E-state index is 11.9. The Hall–Kier alpha value is -3.28. The summed E-state index contributed by atoms with van der Waals surface area (Å²) in [7, 11) is 0. The van der Waals surface area contributed by atoms with Crippen molar-refractivity contribution in [2.75, 3.05) is 0 Å². The molecular weight excluding hydrogens is 496 g/mol.